The lowest BCUT2D eigenvalue weighted by Gasteiger charge is -2.36. The van der Waals surface area contributed by atoms with Gasteiger partial charge in [-0.2, -0.15) is 0 Å². The SMILES string of the molecule is OC1(c2cc3ccccc3s2)CNC1. The fraction of sp³-hybridized carbons (Fsp3) is 0.273. The standard InChI is InChI=1S/C11H11NOS/c13-11(6-12-7-11)10-5-8-3-1-2-4-9(8)14-10/h1-5,12-13H,6-7H2. The van der Waals surface area contributed by atoms with Crippen LogP contribution in [0.25, 0.3) is 10.1 Å². The Bertz CT molecular complexity index is 440. The fourth-order valence-corrected chi connectivity index (χ4v) is 2.90. The molecule has 1 fully saturated rings. The molecule has 1 aromatic carbocycles. The predicted molar refractivity (Wildman–Crippen MR) is 58.6 cm³/mol. The van der Waals surface area contributed by atoms with E-state index in [-0.39, 0.29) is 0 Å². The highest BCUT2D eigenvalue weighted by molar-refractivity contribution is 7.19. The molecule has 2 heterocycles. The van der Waals surface area contributed by atoms with Crippen LogP contribution in [0.1, 0.15) is 4.88 Å². The number of rotatable bonds is 1. The second-order valence-corrected chi connectivity index (χ2v) is 4.87. The molecule has 0 unspecified atom stereocenters. The first kappa shape index (κ1) is 8.41. The Hall–Kier alpha value is -0.900. The van der Waals surface area contributed by atoms with Gasteiger partial charge in [-0.15, -0.1) is 11.3 Å². The molecule has 72 valence electrons. The van der Waals surface area contributed by atoms with E-state index in [9.17, 15) is 5.11 Å². The van der Waals surface area contributed by atoms with Crippen LogP contribution in [0.4, 0.5) is 0 Å². The van der Waals surface area contributed by atoms with Gasteiger partial charge < -0.3 is 10.4 Å². The van der Waals surface area contributed by atoms with Crippen molar-refractivity contribution in [1.29, 1.82) is 0 Å². The van der Waals surface area contributed by atoms with Gasteiger partial charge in [-0.25, -0.2) is 0 Å². The highest BCUT2D eigenvalue weighted by atomic mass is 32.1. The Kier molecular flexibility index (Phi) is 1.68. The summed E-state index contributed by atoms with van der Waals surface area (Å²) in [4.78, 5) is 1.08. The molecule has 2 aromatic rings. The molecule has 0 aliphatic carbocycles. The molecule has 0 spiro atoms. The zero-order chi connectivity index (χ0) is 9.60. The van der Waals surface area contributed by atoms with Gasteiger partial charge in [0.2, 0.25) is 0 Å². The topological polar surface area (TPSA) is 32.3 Å². The lowest BCUT2D eigenvalue weighted by molar-refractivity contribution is -0.0111. The molecule has 0 saturated carbocycles. The summed E-state index contributed by atoms with van der Waals surface area (Å²) >= 11 is 1.69. The Morgan fingerprint density at radius 2 is 2.07 bits per heavy atom. The third-order valence-electron chi connectivity index (χ3n) is 2.72. The molecule has 1 aliphatic heterocycles. The van der Waals surface area contributed by atoms with Crippen molar-refractivity contribution < 1.29 is 5.11 Å². The molecule has 0 atom stereocenters. The maximum Gasteiger partial charge on any atom is 0.123 e. The van der Waals surface area contributed by atoms with Gasteiger partial charge >= 0.3 is 0 Å². The Morgan fingerprint density at radius 3 is 2.71 bits per heavy atom. The first-order chi connectivity index (χ1) is 6.78. The van der Waals surface area contributed by atoms with Gasteiger partial charge in [0, 0.05) is 22.7 Å². The molecule has 0 amide bonds. The van der Waals surface area contributed by atoms with Crippen LogP contribution < -0.4 is 5.32 Å². The average molecular weight is 205 g/mol. The highest BCUT2D eigenvalue weighted by Gasteiger charge is 2.37. The average Bonchev–Trinajstić information content (AvgIpc) is 2.57. The minimum absolute atomic E-state index is 0.607. The van der Waals surface area contributed by atoms with Crippen molar-refractivity contribution >= 4 is 21.4 Å². The van der Waals surface area contributed by atoms with Crippen molar-refractivity contribution in [3.8, 4) is 0 Å². The van der Waals surface area contributed by atoms with E-state index in [1.54, 1.807) is 11.3 Å². The Labute approximate surface area is 86.2 Å². The van der Waals surface area contributed by atoms with Crippen LogP contribution in [0, 0.1) is 0 Å². The number of β-amino-alcohol motifs (C(OH)–C–C–N with tert-alkyl or cyclic N) is 1. The van der Waals surface area contributed by atoms with Crippen molar-refractivity contribution in [3.63, 3.8) is 0 Å². The maximum absolute atomic E-state index is 10.1. The van der Waals surface area contributed by atoms with Crippen molar-refractivity contribution in [3.05, 3.63) is 35.2 Å². The van der Waals surface area contributed by atoms with E-state index in [4.69, 9.17) is 0 Å². The minimum atomic E-state index is -0.607. The molecule has 0 radical (unpaired) electrons. The number of benzene rings is 1. The van der Waals surface area contributed by atoms with Crippen molar-refractivity contribution in [2.45, 2.75) is 5.60 Å². The molecule has 1 aromatic heterocycles. The van der Waals surface area contributed by atoms with Crippen LogP contribution in [0.15, 0.2) is 30.3 Å². The number of thiophene rings is 1. The first-order valence-electron chi connectivity index (χ1n) is 4.70. The van der Waals surface area contributed by atoms with E-state index < -0.39 is 5.60 Å². The van der Waals surface area contributed by atoms with E-state index in [2.05, 4.69) is 23.5 Å². The van der Waals surface area contributed by atoms with Gasteiger partial charge in [-0.05, 0) is 17.5 Å². The monoisotopic (exact) mass is 205 g/mol. The smallest absolute Gasteiger partial charge is 0.123 e. The van der Waals surface area contributed by atoms with Gasteiger partial charge in [-0.1, -0.05) is 18.2 Å². The summed E-state index contributed by atoms with van der Waals surface area (Å²) in [6.45, 7) is 1.36. The van der Waals surface area contributed by atoms with Gasteiger partial charge in [0.15, 0.2) is 0 Å². The lowest BCUT2D eigenvalue weighted by Crippen LogP contribution is -2.56. The summed E-state index contributed by atoms with van der Waals surface area (Å²) < 4.78 is 1.25. The number of fused-ring (bicyclic) bond motifs is 1. The van der Waals surface area contributed by atoms with Gasteiger partial charge in [0.05, 0.1) is 0 Å². The maximum atomic E-state index is 10.1. The Balaban J connectivity index is 2.14. The minimum Gasteiger partial charge on any atom is -0.382 e. The predicted octanol–water partition coefficient (Wildman–Crippen LogP) is 1.69. The van der Waals surface area contributed by atoms with Crippen LogP contribution in [0.3, 0.4) is 0 Å². The fourth-order valence-electron chi connectivity index (χ4n) is 1.75. The molecule has 3 rings (SSSR count). The van der Waals surface area contributed by atoms with E-state index in [0.29, 0.717) is 13.1 Å². The third-order valence-corrected chi connectivity index (χ3v) is 4.03. The van der Waals surface area contributed by atoms with E-state index >= 15 is 0 Å². The van der Waals surface area contributed by atoms with E-state index in [0.717, 1.165) is 4.88 Å². The van der Waals surface area contributed by atoms with E-state index in [1.807, 2.05) is 12.1 Å². The third kappa shape index (κ3) is 1.10. The number of aliphatic hydroxyl groups is 1. The van der Waals surface area contributed by atoms with Gasteiger partial charge in [0.25, 0.3) is 0 Å². The summed E-state index contributed by atoms with van der Waals surface area (Å²) in [5, 5.41) is 14.5. The molecule has 14 heavy (non-hydrogen) atoms. The van der Waals surface area contributed by atoms with Crippen LogP contribution in [0.2, 0.25) is 0 Å². The molecular weight excluding hydrogens is 194 g/mol. The quantitative estimate of drug-likeness (QED) is 0.742. The Morgan fingerprint density at radius 1 is 1.29 bits per heavy atom. The normalized spacial score (nSPS) is 19.5. The van der Waals surface area contributed by atoms with Crippen molar-refractivity contribution in [2.24, 2.45) is 0 Å². The summed E-state index contributed by atoms with van der Waals surface area (Å²) in [5.74, 6) is 0. The lowest BCUT2D eigenvalue weighted by atomic mass is 9.95. The van der Waals surface area contributed by atoms with Crippen LogP contribution in [-0.4, -0.2) is 18.2 Å². The molecule has 2 nitrogen and oxygen atoms in total. The van der Waals surface area contributed by atoms with Crippen LogP contribution >= 0.6 is 11.3 Å². The summed E-state index contributed by atoms with van der Waals surface area (Å²) in [5.41, 5.74) is -0.607. The summed E-state index contributed by atoms with van der Waals surface area (Å²) in [6, 6.07) is 10.3. The molecular formula is C11H11NOS. The highest BCUT2D eigenvalue weighted by Crippen LogP contribution is 2.35. The molecule has 0 bridgehead atoms. The zero-order valence-corrected chi connectivity index (χ0v) is 8.47. The summed E-state index contributed by atoms with van der Waals surface area (Å²) in [7, 11) is 0. The molecule has 2 N–H and O–H groups in total. The van der Waals surface area contributed by atoms with Crippen LogP contribution in [0.5, 0.6) is 0 Å². The van der Waals surface area contributed by atoms with Gasteiger partial charge in [-0.3, -0.25) is 0 Å². The molecule has 3 heteroatoms. The largest absolute Gasteiger partial charge is 0.382 e. The first-order valence-corrected chi connectivity index (χ1v) is 5.52. The van der Waals surface area contributed by atoms with E-state index in [1.165, 1.54) is 10.1 Å². The number of nitrogens with one attached hydrogen (secondary N) is 1. The van der Waals surface area contributed by atoms with Crippen molar-refractivity contribution in [2.75, 3.05) is 13.1 Å². The number of hydrogen-bond acceptors (Lipinski definition) is 3. The second-order valence-electron chi connectivity index (χ2n) is 3.78. The second kappa shape index (κ2) is 2.79. The van der Waals surface area contributed by atoms with Crippen LogP contribution in [-0.2, 0) is 5.60 Å². The molecule has 1 saturated heterocycles. The van der Waals surface area contributed by atoms with Crippen molar-refractivity contribution in [1.82, 2.24) is 5.32 Å². The zero-order valence-electron chi connectivity index (χ0n) is 7.66. The van der Waals surface area contributed by atoms with Gasteiger partial charge in [0.1, 0.15) is 5.60 Å². The summed E-state index contributed by atoms with van der Waals surface area (Å²) in [6.07, 6.45) is 0. The number of hydrogen-bond donors (Lipinski definition) is 2. The molecule has 1 aliphatic rings.